The number of carbonyl (C=O) groups excluding carboxylic acids is 1. The molecule has 0 spiro atoms. The average Bonchev–Trinajstić information content (AvgIpc) is 2.41. The predicted molar refractivity (Wildman–Crippen MR) is 77.3 cm³/mol. The summed E-state index contributed by atoms with van der Waals surface area (Å²) in [5.41, 5.74) is 7.69. The van der Waals surface area contributed by atoms with Gasteiger partial charge in [0.25, 0.3) is 0 Å². The Hall–Kier alpha value is 1.42. The molecule has 0 amide bonds. The van der Waals surface area contributed by atoms with E-state index in [-0.39, 0.29) is 103 Å². The van der Waals surface area contributed by atoms with Gasteiger partial charge < -0.3 is 20.7 Å². The molecule has 0 radical (unpaired) electrons. The molecule has 8 heteroatoms. The van der Waals surface area contributed by atoms with Crippen LogP contribution in [0.3, 0.4) is 0 Å². The number of thioether (sulfide) groups is 1. The van der Waals surface area contributed by atoms with Crippen LogP contribution < -0.4 is 119 Å². The fourth-order valence-electron chi connectivity index (χ4n) is 1.35. The van der Waals surface area contributed by atoms with E-state index in [1.165, 1.54) is 5.56 Å². The van der Waals surface area contributed by atoms with Crippen LogP contribution in [0.15, 0.2) is 53.4 Å². The van der Waals surface area contributed by atoms with Gasteiger partial charge in [0.1, 0.15) is 0 Å². The Kier molecular flexibility index (Phi) is 17.2. The molecule has 0 aliphatic heterocycles. The molecule has 0 fully saturated rings. The number of benzene rings is 2. The summed E-state index contributed by atoms with van der Waals surface area (Å²) in [4.78, 5) is 9.48. The molecule has 0 unspecified atom stereocenters. The van der Waals surface area contributed by atoms with Gasteiger partial charge in [-0.15, -0.1) is 11.8 Å². The van der Waals surface area contributed by atoms with Crippen molar-refractivity contribution >= 4 is 35.2 Å². The molecule has 2 aromatic carbocycles. The summed E-state index contributed by atoms with van der Waals surface area (Å²) in [7, 11) is 0. The molecule has 0 saturated heterocycles. The largest absolute Gasteiger partial charge is 1.00 e. The van der Waals surface area contributed by atoms with Crippen molar-refractivity contribution in [1.82, 2.24) is 0 Å². The number of carboxylic acid groups (broad SMARTS) is 2. The van der Waals surface area contributed by atoms with E-state index in [9.17, 15) is 0 Å². The van der Waals surface area contributed by atoms with E-state index in [0.717, 1.165) is 10.6 Å². The maximum Gasteiger partial charge on any atom is 1.00 e. The Balaban J connectivity index is 0. The molecule has 0 aliphatic carbocycles. The van der Waals surface area contributed by atoms with Crippen molar-refractivity contribution in [2.45, 2.75) is 10.6 Å². The Morgan fingerprint density at radius 2 is 1.64 bits per heavy atom. The van der Waals surface area contributed by atoms with E-state index in [1.54, 1.807) is 11.8 Å². The SMILES string of the molecule is Nc1cc(SCc2ccccc2)ccc1Cl.O=C([O-])[O-].[K+].[K+]. The molecule has 0 bridgehead atoms. The van der Waals surface area contributed by atoms with Crippen LogP contribution in [-0.2, 0) is 5.75 Å². The van der Waals surface area contributed by atoms with E-state index < -0.39 is 6.16 Å². The van der Waals surface area contributed by atoms with Crippen molar-refractivity contribution in [2.75, 3.05) is 5.73 Å². The molecule has 0 atom stereocenters. The quantitative estimate of drug-likeness (QED) is 0.327. The summed E-state index contributed by atoms with van der Waals surface area (Å²) >= 11 is 7.62. The second-order valence-corrected chi connectivity index (χ2v) is 5.16. The number of anilines is 1. The number of carbonyl (C=O) groups is 1. The third-order valence-electron chi connectivity index (χ3n) is 2.22. The van der Waals surface area contributed by atoms with Gasteiger partial charge in [-0.05, 0) is 29.9 Å². The van der Waals surface area contributed by atoms with Gasteiger partial charge in [-0.3, -0.25) is 0 Å². The molecule has 2 aromatic rings. The first-order chi connectivity index (χ1) is 9.49. The van der Waals surface area contributed by atoms with Crippen LogP contribution in [0.25, 0.3) is 0 Å². The van der Waals surface area contributed by atoms with E-state index in [2.05, 4.69) is 12.1 Å². The molecular formula is C14H12ClK2NO3S. The number of rotatable bonds is 3. The minimum Gasteiger partial charge on any atom is -0.652 e. The normalized spacial score (nSPS) is 8.59. The molecular weight excluding hydrogens is 376 g/mol. The van der Waals surface area contributed by atoms with Crippen molar-refractivity contribution in [3.05, 3.63) is 59.1 Å². The first-order valence-corrected chi connectivity index (χ1v) is 6.95. The van der Waals surface area contributed by atoms with Gasteiger partial charge in [0.2, 0.25) is 0 Å². The molecule has 4 nitrogen and oxygen atoms in total. The van der Waals surface area contributed by atoms with Crippen LogP contribution in [0.5, 0.6) is 0 Å². The first-order valence-electron chi connectivity index (χ1n) is 5.59. The Morgan fingerprint density at radius 1 is 1.09 bits per heavy atom. The van der Waals surface area contributed by atoms with Crippen molar-refractivity contribution in [3.8, 4) is 0 Å². The van der Waals surface area contributed by atoms with Crippen molar-refractivity contribution in [2.24, 2.45) is 0 Å². The fourth-order valence-corrected chi connectivity index (χ4v) is 2.37. The topological polar surface area (TPSA) is 89.2 Å². The first kappa shape index (κ1) is 25.7. The molecule has 2 N–H and O–H groups in total. The summed E-state index contributed by atoms with van der Waals surface area (Å²) in [6, 6.07) is 16.1. The molecule has 106 valence electrons. The van der Waals surface area contributed by atoms with E-state index in [4.69, 9.17) is 32.3 Å². The smallest absolute Gasteiger partial charge is 0.652 e. The van der Waals surface area contributed by atoms with Crippen LogP contribution in [0.2, 0.25) is 5.02 Å². The molecule has 0 saturated carbocycles. The van der Waals surface area contributed by atoms with Gasteiger partial charge in [-0.25, -0.2) is 0 Å². The minimum absolute atomic E-state index is 0. The van der Waals surface area contributed by atoms with Gasteiger partial charge >= 0.3 is 103 Å². The number of nitrogen functional groups attached to an aromatic ring is 1. The third-order valence-corrected chi connectivity index (χ3v) is 3.62. The second-order valence-electron chi connectivity index (χ2n) is 3.71. The summed E-state index contributed by atoms with van der Waals surface area (Å²) in [5, 5.41) is 17.3. The summed E-state index contributed by atoms with van der Waals surface area (Å²) < 4.78 is 0. The van der Waals surface area contributed by atoms with E-state index >= 15 is 0 Å². The molecule has 0 heterocycles. The van der Waals surface area contributed by atoms with Crippen LogP contribution >= 0.6 is 23.4 Å². The summed E-state index contributed by atoms with van der Waals surface area (Å²) in [6.45, 7) is 0. The maximum atomic E-state index is 8.33. The Labute approximate surface area is 224 Å². The number of halogens is 1. The number of hydrogen-bond acceptors (Lipinski definition) is 5. The van der Waals surface area contributed by atoms with E-state index in [1.807, 2.05) is 36.4 Å². The van der Waals surface area contributed by atoms with Gasteiger partial charge in [0.15, 0.2) is 0 Å². The molecule has 0 aromatic heterocycles. The maximum absolute atomic E-state index is 8.33. The minimum atomic E-state index is -2.33. The third kappa shape index (κ3) is 11.9. The van der Waals surface area contributed by atoms with Gasteiger partial charge in [-0.1, -0.05) is 41.9 Å². The van der Waals surface area contributed by atoms with Crippen LogP contribution in [-0.4, -0.2) is 6.16 Å². The number of nitrogens with two attached hydrogens (primary N) is 1. The van der Waals surface area contributed by atoms with Crippen molar-refractivity contribution in [3.63, 3.8) is 0 Å². The average molecular weight is 388 g/mol. The van der Waals surface area contributed by atoms with Crippen molar-refractivity contribution in [1.29, 1.82) is 0 Å². The second kappa shape index (κ2) is 14.7. The molecule has 22 heavy (non-hydrogen) atoms. The molecule has 0 aliphatic rings. The van der Waals surface area contributed by atoms with Crippen LogP contribution in [0.4, 0.5) is 10.5 Å². The number of hydrogen-bond donors (Lipinski definition) is 1. The van der Waals surface area contributed by atoms with Gasteiger partial charge in [-0.2, -0.15) is 0 Å². The zero-order chi connectivity index (χ0) is 15.0. The standard InChI is InChI=1S/C13H12ClNS.CH2O3.2K/c14-12-7-6-11(8-13(12)15)16-9-10-4-2-1-3-5-10;2-1(3)4;;/h1-8H,9,15H2;(H2,2,3,4);;/q;;2*+1/p-2. The predicted octanol–water partition coefficient (Wildman–Crippen LogP) is -4.22. The van der Waals surface area contributed by atoms with E-state index in [0.29, 0.717) is 10.7 Å². The zero-order valence-corrected chi connectivity index (χ0v) is 20.2. The fraction of sp³-hybridized carbons (Fsp3) is 0.0714. The Bertz CT molecular complexity index is 569. The van der Waals surface area contributed by atoms with Crippen molar-refractivity contribution < 1.29 is 118 Å². The Morgan fingerprint density at radius 3 is 2.14 bits per heavy atom. The zero-order valence-electron chi connectivity index (χ0n) is 12.4. The van der Waals surface area contributed by atoms with Crippen LogP contribution in [0, 0.1) is 0 Å². The van der Waals surface area contributed by atoms with Gasteiger partial charge in [0, 0.05) is 10.6 Å². The van der Waals surface area contributed by atoms with Gasteiger partial charge in [0.05, 0.1) is 10.7 Å². The molecule has 2 rings (SSSR count). The summed E-state index contributed by atoms with van der Waals surface area (Å²) in [6.07, 6.45) is -2.33. The van der Waals surface area contributed by atoms with Crippen LogP contribution in [0.1, 0.15) is 5.56 Å². The monoisotopic (exact) mass is 387 g/mol. The summed E-state index contributed by atoms with van der Waals surface area (Å²) in [5.74, 6) is 0.946.